The highest BCUT2D eigenvalue weighted by Gasteiger charge is 2.20. The second kappa shape index (κ2) is 2.76. The van der Waals surface area contributed by atoms with Crippen LogP contribution in [0.2, 0.25) is 0 Å². The third-order valence-corrected chi connectivity index (χ3v) is 1.02. The van der Waals surface area contributed by atoms with Crippen molar-refractivity contribution in [3.63, 3.8) is 0 Å². The first-order valence-corrected chi connectivity index (χ1v) is 2.61. The molecule has 0 aliphatic carbocycles. The molecule has 0 aromatic rings. The van der Waals surface area contributed by atoms with E-state index in [-0.39, 0.29) is 11.4 Å². The topological polar surface area (TPSA) is 89.4 Å². The number of carbonyl (C=O) groups excluding carboxylic acids is 1. The number of rotatable bonds is 0. The van der Waals surface area contributed by atoms with Crippen LogP contribution in [-0.2, 0) is 4.79 Å². The number of nitriles is 2. The van der Waals surface area contributed by atoms with Gasteiger partial charge in [0.15, 0.2) is 11.4 Å². The molecule has 0 bridgehead atoms. The SMILES string of the molecule is N#CC1=N[B]N=C(C#N)C1=O. The van der Waals surface area contributed by atoms with Crippen LogP contribution in [0.4, 0.5) is 0 Å². The average Bonchev–Trinajstić information content (AvgIpc) is 2.05. The van der Waals surface area contributed by atoms with E-state index < -0.39 is 5.78 Å². The van der Waals surface area contributed by atoms with Gasteiger partial charge in [0.25, 0.3) is 0 Å². The van der Waals surface area contributed by atoms with Crippen LogP contribution in [0.3, 0.4) is 0 Å². The largest absolute Gasteiger partial charge is 0.433 e. The van der Waals surface area contributed by atoms with E-state index in [1.165, 1.54) is 0 Å². The van der Waals surface area contributed by atoms with Gasteiger partial charge in [-0.05, 0) is 0 Å². The summed E-state index contributed by atoms with van der Waals surface area (Å²) in [7, 11) is 1.01. The molecule has 0 saturated carbocycles. The number of Topliss-reactive ketones (excluding diaryl/α,β-unsaturated/α-hetero) is 1. The fraction of sp³-hybridized carbons (Fsp3) is 0. The average molecular weight is 143 g/mol. The zero-order chi connectivity index (χ0) is 8.27. The van der Waals surface area contributed by atoms with Crippen LogP contribution >= 0.6 is 0 Å². The molecule has 1 radical (unpaired) electrons. The minimum absolute atomic E-state index is 0.295. The smallest absolute Gasteiger partial charge is 0.303 e. The lowest BCUT2D eigenvalue weighted by molar-refractivity contribution is -0.107. The minimum Gasteiger partial charge on any atom is -0.303 e. The molecule has 1 heterocycles. The van der Waals surface area contributed by atoms with E-state index in [9.17, 15) is 4.79 Å². The Bertz CT molecular complexity index is 310. The van der Waals surface area contributed by atoms with E-state index in [0.717, 1.165) is 7.55 Å². The summed E-state index contributed by atoms with van der Waals surface area (Å²) in [5.41, 5.74) is -0.590. The summed E-state index contributed by atoms with van der Waals surface area (Å²) >= 11 is 0. The van der Waals surface area contributed by atoms with E-state index in [0.29, 0.717) is 0 Å². The standard InChI is InChI=1S/C5BN4O/c7-1-3-5(11)4(2-8)10-6-9-3. The first kappa shape index (κ1) is 7.17. The van der Waals surface area contributed by atoms with Crippen molar-refractivity contribution in [2.45, 2.75) is 0 Å². The Kier molecular flexibility index (Phi) is 1.80. The summed E-state index contributed by atoms with van der Waals surface area (Å²) < 4.78 is 0. The number of hydrogen-bond donors (Lipinski definition) is 0. The molecule has 1 rings (SSSR count). The highest BCUT2D eigenvalue weighted by Crippen LogP contribution is 1.92. The highest BCUT2D eigenvalue weighted by atomic mass is 16.1. The van der Waals surface area contributed by atoms with Crippen molar-refractivity contribution in [2.75, 3.05) is 0 Å². The summed E-state index contributed by atoms with van der Waals surface area (Å²) in [6.07, 6.45) is 0. The maximum absolute atomic E-state index is 10.9. The number of carbonyl (C=O) groups is 1. The Balaban J connectivity index is 3.00. The quantitative estimate of drug-likeness (QED) is 0.408. The van der Waals surface area contributed by atoms with Gasteiger partial charge in [-0.15, -0.1) is 0 Å². The fourth-order valence-corrected chi connectivity index (χ4v) is 0.533. The summed E-state index contributed by atoms with van der Waals surface area (Å²) in [4.78, 5) is 17.6. The molecule has 1 aliphatic heterocycles. The Labute approximate surface area is 63.0 Å². The molecular formula is C5BN4O. The molecule has 11 heavy (non-hydrogen) atoms. The van der Waals surface area contributed by atoms with E-state index in [2.05, 4.69) is 9.81 Å². The van der Waals surface area contributed by atoms with Gasteiger partial charge in [-0.2, -0.15) is 10.5 Å². The van der Waals surface area contributed by atoms with Crippen molar-refractivity contribution in [2.24, 2.45) is 9.81 Å². The lowest BCUT2D eigenvalue weighted by Crippen LogP contribution is -2.26. The van der Waals surface area contributed by atoms with Gasteiger partial charge < -0.3 is 9.81 Å². The molecule has 5 nitrogen and oxygen atoms in total. The van der Waals surface area contributed by atoms with Gasteiger partial charge in [-0.3, -0.25) is 4.79 Å². The van der Waals surface area contributed by atoms with E-state index in [4.69, 9.17) is 10.5 Å². The maximum atomic E-state index is 10.9. The molecule has 0 spiro atoms. The predicted octanol–water partition coefficient (Wildman–Crippen LogP) is -0.968. The number of hydrogen-bond acceptors (Lipinski definition) is 5. The van der Waals surface area contributed by atoms with Crippen molar-refractivity contribution in [1.82, 2.24) is 0 Å². The van der Waals surface area contributed by atoms with Crippen molar-refractivity contribution >= 4 is 24.8 Å². The van der Waals surface area contributed by atoms with E-state index >= 15 is 0 Å². The molecule has 0 N–H and O–H groups in total. The highest BCUT2D eigenvalue weighted by molar-refractivity contribution is 6.77. The Morgan fingerprint density at radius 3 is 2.00 bits per heavy atom. The molecule has 0 aromatic carbocycles. The molecule has 0 atom stereocenters. The van der Waals surface area contributed by atoms with Gasteiger partial charge in [-0.1, -0.05) is 0 Å². The second-order valence-electron chi connectivity index (χ2n) is 1.62. The Morgan fingerprint density at radius 1 is 1.18 bits per heavy atom. The van der Waals surface area contributed by atoms with Crippen LogP contribution in [0.15, 0.2) is 9.81 Å². The lowest BCUT2D eigenvalue weighted by Gasteiger charge is -1.98. The van der Waals surface area contributed by atoms with Gasteiger partial charge in [0.05, 0.1) is 0 Å². The van der Waals surface area contributed by atoms with E-state index in [1.807, 2.05) is 0 Å². The first-order valence-electron chi connectivity index (χ1n) is 2.61. The van der Waals surface area contributed by atoms with Gasteiger partial charge >= 0.3 is 7.55 Å². The van der Waals surface area contributed by atoms with E-state index in [1.54, 1.807) is 12.1 Å². The minimum atomic E-state index is -0.711. The van der Waals surface area contributed by atoms with Gasteiger partial charge in [-0.25, -0.2) is 0 Å². The van der Waals surface area contributed by atoms with Crippen molar-refractivity contribution in [3.05, 3.63) is 0 Å². The molecule has 6 heteroatoms. The summed E-state index contributed by atoms with van der Waals surface area (Å²) in [6, 6.07) is 3.11. The molecule has 49 valence electrons. The van der Waals surface area contributed by atoms with Gasteiger partial charge in [0.1, 0.15) is 12.1 Å². The van der Waals surface area contributed by atoms with Crippen LogP contribution in [0.25, 0.3) is 0 Å². The molecule has 0 fully saturated rings. The summed E-state index contributed by atoms with van der Waals surface area (Å²) in [5, 5.41) is 16.6. The second-order valence-corrected chi connectivity index (χ2v) is 1.62. The van der Waals surface area contributed by atoms with Gasteiger partial charge in [0.2, 0.25) is 5.78 Å². The molecular weight excluding hydrogens is 143 g/mol. The molecule has 0 saturated heterocycles. The van der Waals surface area contributed by atoms with Crippen molar-refractivity contribution in [3.8, 4) is 12.1 Å². The molecule has 1 aliphatic rings. The molecule has 0 aromatic heterocycles. The third-order valence-electron chi connectivity index (χ3n) is 1.02. The predicted molar refractivity (Wildman–Crippen MR) is 36.9 cm³/mol. The zero-order valence-corrected chi connectivity index (χ0v) is 5.27. The summed E-state index contributed by atoms with van der Waals surface area (Å²) in [6.45, 7) is 0. The maximum Gasteiger partial charge on any atom is 0.433 e. The summed E-state index contributed by atoms with van der Waals surface area (Å²) in [5.74, 6) is -0.711. The zero-order valence-electron chi connectivity index (χ0n) is 5.27. The van der Waals surface area contributed by atoms with Crippen molar-refractivity contribution in [1.29, 1.82) is 10.5 Å². The molecule has 0 unspecified atom stereocenters. The Morgan fingerprint density at radius 2 is 1.64 bits per heavy atom. The number of ketones is 1. The lowest BCUT2D eigenvalue weighted by atomic mass is 10.0. The van der Waals surface area contributed by atoms with Crippen LogP contribution in [0, 0.1) is 22.7 Å². The van der Waals surface area contributed by atoms with Gasteiger partial charge in [0, 0.05) is 0 Å². The van der Waals surface area contributed by atoms with Crippen LogP contribution in [0.5, 0.6) is 0 Å². The normalized spacial score (nSPS) is 15.3. The monoisotopic (exact) mass is 143 g/mol. The Hall–Kier alpha value is -1.95. The number of nitrogens with zero attached hydrogens (tertiary/aromatic N) is 4. The van der Waals surface area contributed by atoms with Crippen LogP contribution in [0.1, 0.15) is 0 Å². The molecule has 0 amide bonds. The fourth-order valence-electron chi connectivity index (χ4n) is 0.533. The first-order chi connectivity index (χ1) is 5.29. The van der Waals surface area contributed by atoms with Crippen LogP contribution in [-0.4, -0.2) is 24.8 Å². The van der Waals surface area contributed by atoms with Crippen LogP contribution < -0.4 is 0 Å². The third kappa shape index (κ3) is 1.15. The van der Waals surface area contributed by atoms with Crippen molar-refractivity contribution < 1.29 is 4.79 Å².